The smallest absolute Gasteiger partial charge is 0.319 e. The molecule has 0 radical (unpaired) electrons. The van der Waals surface area contributed by atoms with E-state index in [0.717, 1.165) is 51.9 Å². The van der Waals surface area contributed by atoms with E-state index >= 15 is 0 Å². The molecule has 67 heavy (non-hydrogen) atoms. The SMILES string of the molecule is CNC(=O)Nc1ccc(Oc2ccnc3cc(OCC4CCN(C)CC4)c(C#N)cc23)cc1Cl.CNC(=O)Nc1ccc(Oc2ccnc3cc(OCC4CCNCC4)c(C#N)cc23)cc1Cl. The highest BCUT2D eigenvalue weighted by Crippen LogP contribution is 2.37. The number of urea groups is 2. The first kappa shape index (κ1) is 47.9. The molecule has 8 rings (SSSR count). The molecule has 4 aromatic carbocycles. The number of rotatable bonds is 12. The number of aromatic nitrogens is 2. The first-order valence-corrected chi connectivity index (χ1v) is 22.5. The van der Waals surface area contributed by atoms with Gasteiger partial charge < -0.3 is 50.4 Å². The van der Waals surface area contributed by atoms with Crippen LogP contribution in [0.3, 0.4) is 0 Å². The van der Waals surface area contributed by atoms with E-state index in [1.165, 1.54) is 14.1 Å². The van der Waals surface area contributed by atoms with Crippen LogP contribution in [-0.2, 0) is 0 Å². The molecule has 5 N–H and O–H groups in total. The number of pyridine rings is 2. The summed E-state index contributed by atoms with van der Waals surface area (Å²) in [6.07, 6.45) is 7.58. The number of amides is 4. The van der Waals surface area contributed by atoms with Crippen LogP contribution in [0.25, 0.3) is 21.8 Å². The van der Waals surface area contributed by atoms with Crippen LogP contribution in [0, 0.1) is 34.5 Å². The number of hydrogen-bond acceptors (Lipinski definition) is 12. The Kier molecular flexibility index (Phi) is 16.4. The molecule has 0 unspecified atom stereocenters. The summed E-state index contributed by atoms with van der Waals surface area (Å²) >= 11 is 12.6. The summed E-state index contributed by atoms with van der Waals surface area (Å²) < 4.78 is 24.2. The number of nitrogens with one attached hydrogen (secondary N) is 5. The molecule has 2 aliphatic rings. The number of carbonyl (C=O) groups is 2. The number of anilines is 2. The van der Waals surface area contributed by atoms with Gasteiger partial charge in [0.2, 0.25) is 0 Å². The molecule has 16 nitrogen and oxygen atoms in total. The van der Waals surface area contributed by atoms with Crippen LogP contribution in [-0.4, -0.2) is 87.5 Å². The Morgan fingerprint density at radius 3 is 1.54 bits per heavy atom. The van der Waals surface area contributed by atoms with Crippen molar-refractivity contribution in [1.29, 1.82) is 10.5 Å². The normalized spacial score (nSPS) is 14.1. The average molecular weight is 946 g/mol. The molecule has 4 amide bonds. The van der Waals surface area contributed by atoms with Crippen molar-refractivity contribution in [1.82, 2.24) is 30.8 Å². The van der Waals surface area contributed by atoms with Gasteiger partial charge in [-0.15, -0.1) is 0 Å². The van der Waals surface area contributed by atoms with Crippen LogP contribution in [0.2, 0.25) is 10.0 Å². The number of benzene rings is 4. The molecule has 6 aromatic rings. The second-order valence-corrected chi connectivity index (χ2v) is 16.8. The van der Waals surface area contributed by atoms with Crippen molar-refractivity contribution in [2.45, 2.75) is 25.7 Å². The highest BCUT2D eigenvalue weighted by molar-refractivity contribution is 6.34. The number of likely N-dealkylation sites (tertiary alicyclic amines) is 1. The lowest BCUT2D eigenvalue weighted by molar-refractivity contribution is 0.160. The molecule has 0 atom stereocenters. The highest BCUT2D eigenvalue weighted by Gasteiger charge is 2.20. The second-order valence-electron chi connectivity index (χ2n) is 16.0. The number of carbonyl (C=O) groups excluding carboxylic acids is 2. The monoisotopic (exact) mass is 944 g/mol. The fourth-order valence-corrected chi connectivity index (χ4v) is 7.96. The number of hydrogen-bond donors (Lipinski definition) is 5. The number of ether oxygens (including phenoxy) is 4. The van der Waals surface area contributed by atoms with Crippen LogP contribution in [0.4, 0.5) is 21.0 Å². The van der Waals surface area contributed by atoms with E-state index in [9.17, 15) is 20.1 Å². The van der Waals surface area contributed by atoms with Gasteiger partial charge in [-0.1, -0.05) is 23.2 Å². The lowest BCUT2D eigenvalue weighted by atomic mass is 9.98. The molecule has 0 spiro atoms. The lowest BCUT2D eigenvalue weighted by Gasteiger charge is -2.28. The minimum absolute atomic E-state index is 0.334. The molecule has 2 saturated heterocycles. The first-order valence-electron chi connectivity index (χ1n) is 21.8. The van der Waals surface area contributed by atoms with Gasteiger partial charge in [-0.2, -0.15) is 10.5 Å². The summed E-state index contributed by atoms with van der Waals surface area (Å²) in [7, 11) is 5.17. The minimum atomic E-state index is -0.368. The molecule has 2 fully saturated rings. The van der Waals surface area contributed by atoms with E-state index in [1.807, 2.05) is 0 Å². The first-order chi connectivity index (χ1) is 32.5. The molecule has 2 aliphatic heterocycles. The summed E-state index contributed by atoms with van der Waals surface area (Å²) in [5, 5.41) is 35.0. The maximum Gasteiger partial charge on any atom is 0.319 e. The Morgan fingerprint density at radius 2 is 1.12 bits per heavy atom. The van der Waals surface area contributed by atoms with Gasteiger partial charge in [0.05, 0.1) is 56.8 Å². The zero-order valence-corrected chi connectivity index (χ0v) is 38.8. The van der Waals surface area contributed by atoms with Crippen molar-refractivity contribution in [2.75, 3.05) is 71.2 Å². The summed E-state index contributed by atoms with van der Waals surface area (Å²) in [5.74, 6) is 4.05. The quantitative estimate of drug-likeness (QED) is 0.0777. The zero-order valence-electron chi connectivity index (χ0n) is 37.3. The number of piperidine rings is 2. The van der Waals surface area contributed by atoms with Gasteiger partial charge >= 0.3 is 12.1 Å². The summed E-state index contributed by atoms with van der Waals surface area (Å²) in [5.41, 5.74) is 3.12. The van der Waals surface area contributed by atoms with Crippen molar-refractivity contribution in [2.24, 2.45) is 11.8 Å². The van der Waals surface area contributed by atoms with Gasteiger partial charge in [-0.05, 0) is 119 Å². The predicted molar refractivity (Wildman–Crippen MR) is 259 cm³/mol. The maximum absolute atomic E-state index is 11.5. The standard InChI is InChI=1S/C25H26ClN5O3.C24H24ClN5O3/c1-28-25(32)30-21-4-3-18(12-20(21)26)34-23-5-8-29-22-13-24(17(14-27)11-19(22)23)33-15-16-6-9-31(2)10-7-16;1-27-24(31)30-20-3-2-17(11-19(20)25)33-22-6-9-29-21-12-23(16(13-26)10-18(21)22)32-14-15-4-7-28-8-5-15/h3-5,8,11-13,16H,6-7,9-10,15H2,1-2H3,(H2,28,30,32);2-3,6,9-12,15,28H,4-5,7-8,14H2,1H3,(H2,27,30,31). The van der Waals surface area contributed by atoms with E-state index in [0.29, 0.717) is 114 Å². The Hall–Kier alpha value is -7.08. The number of nitriles is 2. The highest BCUT2D eigenvalue weighted by atomic mass is 35.5. The third kappa shape index (κ3) is 12.6. The lowest BCUT2D eigenvalue weighted by Crippen LogP contribution is -2.32. The zero-order chi connectivity index (χ0) is 47.3. The van der Waals surface area contributed by atoms with Crippen LogP contribution >= 0.6 is 23.2 Å². The van der Waals surface area contributed by atoms with Crippen molar-refractivity contribution < 1.29 is 28.5 Å². The van der Waals surface area contributed by atoms with Crippen molar-refractivity contribution >= 4 is 68.4 Å². The van der Waals surface area contributed by atoms with Crippen LogP contribution in [0.5, 0.6) is 34.5 Å². The van der Waals surface area contributed by atoms with Crippen LogP contribution < -0.4 is 45.5 Å². The van der Waals surface area contributed by atoms with Crippen LogP contribution in [0.15, 0.2) is 85.2 Å². The molecule has 346 valence electrons. The average Bonchev–Trinajstić information content (AvgIpc) is 3.34. The second kappa shape index (κ2) is 22.9. The third-order valence-corrected chi connectivity index (χ3v) is 12.0. The molecule has 18 heteroatoms. The van der Waals surface area contributed by atoms with E-state index in [2.05, 4.69) is 60.6 Å². The largest absolute Gasteiger partial charge is 0.492 e. The molecule has 4 heterocycles. The molecule has 0 saturated carbocycles. The molecule has 0 bridgehead atoms. The topological polar surface area (TPSA) is 208 Å². The fraction of sp³-hybridized carbons (Fsp3) is 0.306. The minimum Gasteiger partial charge on any atom is -0.492 e. The predicted octanol–water partition coefficient (Wildman–Crippen LogP) is 9.71. The molecular weight excluding hydrogens is 896 g/mol. The Balaban J connectivity index is 0.000000199. The van der Waals surface area contributed by atoms with E-state index < -0.39 is 0 Å². The number of halogens is 2. The molecule has 2 aromatic heterocycles. The van der Waals surface area contributed by atoms with E-state index in [4.69, 9.17) is 42.1 Å². The van der Waals surface area contributed by atoms with Gasteiger partial charge in [0.25, 0.3) is 0 Å². The van der Waals surface area contributed by atoms with Crippen LogP contribution in [0.1, 0.15) is 36.8 Å². The Bertz CT molecular complexity index is 2820. The van der Waals surface area contributed by atoms with Crippen molar-refractivity contribution in [3.8, 4) is 46.6 Å². The van der Waals surface area contributed by atoms with Crippen molar-refractivity contribution in [3.05, 3.63) is 106 Å². The maximum atomic E-state index is 11.5. The van der Waals surface area contributed by atoms with Gasteiger partial charge in [-0.25, -0.2) is 9.59 Å². The Labute approximate surface area is 398 Å². The Morgan fingerprint density at radius 1 is 0.672 bits per heavy atom. The summed E-state index contributed by atoms with van der Waals surface area (Å²) in [6, 6.07) is 24.2. The third-order valence-electron chi connectivity index (χ3n) is 11.4. The van der Waals surface area contributed by atoms with Gasteiger partial charge in [0.1, 0.15) is 46.6 Å². The van der Waals surface area contributed by atoms with Crippen molar-refractivity contribution in [3.63, 3.8) is 0 Å². The molecule has 0 aliphatic carbocycles. The fourth-order valence-electron chi connectivity index (χ4n) is 7.53. The summed E-state index contributed by atoms with van der Waals surface area (Å²) in [6.45, 7) is 5.27. The number of fused-ring (bicyclic) bond motifs is 2. The molecular formula is C49H50Cl2N10O6. The van der Waals surface area contributed by atoms with E-state index in [1.54, 1.807) is 85.2 Å². The van der Waals surface area contributed by atoms with Gasteiger partial charge in [0, 0.05) is 61.5 Å². The van der Waals surface area contributed by atoms with Gasteiger partial charge in [0.15, 0.2) is 0 Å². The van der Waals surface area contributed by atoms with Gasteiger partial charge in [-0.3, -0.25) is 9.97 Å². The number of nitrogens with zero attached hydrogens (tertiary/aromatic N) is 5. The van der Waals surface area contributed by atoms with E-state index in [-0.39, 0.29) is 12.1 Å². The summed E-state index contributed by atoms with van der Waals surface area (Å²) in [4.78, 5) is 34.2.